The van der Waals surface area contributed by atoms with Crippen LogP contribution in [0.15, 0.2) is 67.9 Å². The number of thiazole rings is 1. The molecular weight excluding hydrogens is 458 g/mol. The molecule has 0 bridgehead atoms. The van der Waals surface area contributed by atoms with Gasteiger partial charge in [-0.05, 0) is 30.7 Å². The van der Waals surface area contributed by atoms with Gasteiger partial charge in [-0.1, -0.05) is 41.6 Å². The van der Waals surface area contributed by atoms with Crippen LogP contribution in [0, 0.1) is 6.92 Å². The van der Waals surface area contributed by atoms with Gasteiger partial charge in [0.1, 0.15) is 6.61 Å². The first kappa shape index (κ1) is 22.7. The second kappa shape index (κ2) is 10.4. The maximum Gasteiger partial charge on any atom is 0.187 e. The van der Waals surface area contributed by atoms with Crippen molar-refractivity contribution in [1.82, 2.24) is 14.5 Å². The van der Waals surface area contributed by atoms with Gasteiger partial charge in [-0.2, -0.15) is 0 Å². The summed E-state index contributed by atoms with van der Waals surface area (Å²) in [5.41, 5.74) is 3.47. The van der Waals surface area contributed by atoms with Crippen LogP contribution in [0.4, 0.5) is 16.5 Å². The average molecular weight is 482 g/mol. The summed E-state index contributed by atoms with van der Waals surface area (Å²) in [5.74, 6) is 1.32. The summed E-state index contributed by atoms with van der Waals surface area (Å²) in [7, 11) is 1.62. The zero-order valence-corrected chi connectivity index (χ0v) is 19.9. The van der Waals surface area contributed by atoms with Crippen LogP contribution < -0.4 is 20.1 Å². The zero-order chi connectivity index (χ0) is 23.2. The molecule has 4 rings (SSSR count). The molecule has 2 heterocycles. The molecule has 0 aliphatic carbocycles. The molecule has 0 fully saturated rings. The molecule has 0 saturated carbocycles. The van der Waals surface area contributed by atoms with Gasteiger partial charge in [0.25, 0.3) is 0 Å². The van der Waals surface area contributed by atoms with Crippen molar-refractivity contribution in [1.29, 1.82) is 0 Å². The second-order valence-corrected chi connectivity index (χ2v) is 8.64. The maximum absolute atomic E-state index is 6.32. The molecule has 0 radical (unpaired) electrons. The topological polar surface area (TPSA) is 73.2 Å². The minimum Gasteiger partial charge on any atom is -0.493 e. The Hall–Kier alpha value is -3.49. The molecule has 7 nitrogen and oxygen atoms in total. The van der Waals surface area contributed by atoms with Crippen LogP contribution in [0.25, 0.3) is 5.70 Å². The quantitative estimate of drug-likeness (QED) is 0.280. The highest BCUT2D eigenvalue weighted by Gasteiger charge is 2.11. The number of methoxy groups -OCH3 is 1. The number of para-hydroxylation sites is 1. The number of hydrogen-bond donors (Lipinski definition) is 2. The number of halogens is 1. The van der Waals surface area contributed by atoms with E-state index in [9.17, 15) is 0 Å². The molecule has 2 aromatic carbocycles. The SMILES string of the molecule is C=C(Nc1c(C)cccc1Cl)c1cnc(Nc2ccc(OCCn3ccnc3)c(OC)c2)s1. The van der Waals surface area contributed by atoms with Crippen LogP contribution in [0.3, 0.4) is 0 Å². The van der Waals surface area contributed by atoms with Crippen LogP contribution in [0.1, 0.15) is 10.4 Å². The zero-order valence-electron chi connectivity index (χ0n) is 18.3. The van der Waals surface area contributed by atoms with Crippen molar-refractivity contribution in [3.63, 3.8) is 0 Å². The Bertz CT molecular complexity index is 1220. The number of anilines is 3. The summed E-state index contributed by atoms with van der Waals surface area (Å²) in [5, 5.41) is 8.00. The van der Waals surface area contributed by atoms with Gasteiger partial charge in [0.2, 0.25) is 0 Å². The van der Waals surface area contributed by atoms with Crippen LogP contribution in [-0.4, -0.2) is 28.3 Å². The summed E-state index contributed by atoms with van der Waals surface area (Å²) in [4.78, 5) is 9.40. The Morgan fingerprint density at radius 1 is 1.24 bits per heavy atom. The maximum atomic E-state index is 6.32. The largest absolute Gasteiger partial charge is 0.493 e. The number of hydrogen-bond acceptors (Lipinski definition) is 7. The Morgan fingerprint density at radius 3 is 2.88 bits per heavy atom. The number of nitrogens with one attached hydrogen (secondary N) is 2. The Morgan fingerprint density at radius 2 is 2.12 bits per heavy atom. The molecule has 33 heavy (non-hydrogen) atoms. The van der Waals surface area contributed by atoms with Gasteiger partial charge in [-0.25, -0.2) is 9.97 Å². The average Bonchev–Trinajstić information content (AvgIpc) is 3.49. The lowest BCUT2D eigenvalue weighted by Crippen LogP contribution is -2.07. The third-order valence-corrected chi connectivity index (χ3v) is 6.17. The van der Waals surface area contributed by atoms with Crippen molar-refractivity contribution in [2.45, 2.75) is 13.5 Å². The molecule has 2 aromatic heterocycles. The molecule has 0 aliphatic heterocycles. The minimum atomic E-state index is 0.509. The monoisotopic (exact) mass is 481 g/mol. The number of benzene rings is 2. The summed E-state index contributed by atoms with van der Waals surface area (Å²) in [6.07, 6.45) is 7.18. The van der Waals surface area contributed by atoms with Gasteiger partial charge < -0.3 is 24.7 Å². The molecule has 4 aromatic rings. The van der Waals surface area contributed by atoms with E-state index in [1.54, 1.807) is 25.8 Å². The fourth-order valence-electron chi connectivity index (χ4n) is 3.14. The molecule has 0 unspecified atom stereocenters. The van der Waals surface area contributed by atoms with E-state index < -0.39 is 0 Å². The lowest BCUT2D eigenvalue weighted by atomic mass is 10.2. The van der Waals surface area contributed by atoms with Crippen LogP contribution in [-0.2, 0) is 6.54 Å². The van der Waals surface area contributed by atoms with Gasteiger partial charge in [-0.15, -0.1) is 0 Å². The summed E-state index contributed by atoms with van der Waals surface area (Å²) < 4.78 is 13.3. The van der Waals surface area contributed by atoms with E-state index in [4.69, 9.17) is 21.1 Å². The molecule has 0 aliphatic rings. The van der Waals surface area contributed by atoms with Crippen molar-refractivity contribution in [2.24, 2.45) is 0 Å². The first-order chi connectivity index (χ1) is 16.0. The van der Waals surface area contributed by atoms with Crippen molar-refractivity contribution in [3.8, 4) is 11.5 Å². The number of aromatic nitrogens is 3. The standard InChI is InChI=1S/C24H24ClN5O2S/c1-16-5-4-6-19(25)23(16)28-17(2)22-14-27-24(33-22)29-18-7-8-20(21(13-18)31-3)32-12-11-30-10-9-26-15-30/h4-10,13-15,28H,2,11-12H2,1,3H3,(H,27,29). The lowest BCUT2D eigenvalue weighted by Gasteiger charge is -2.13. The number of imidazole rings is 1. The molecule has 0 saturated heterocycles. The molecule has 0 amide bonds. The highest BCUT2D eigenvalue weighted by atomic mass is 35.5. The third kappa shape index (κ3) is 5.66. The smallest absolute Gasteiger partial charge is 0.187 e. The van der Waals surface area contributed by atoms with E-state index in [-0.39, 0.29) is 0 Å². The molecule has 170 valence electrons. The Balaban J connectivity index is 1.39. The lowest BCUT2D eigenvalue weighted by molar-refractivity contribution is 0.280. The van der Waals surface area contributed by atoms with E-state index in [1.165, 1.54) is 11.3 Å². The molecule has 9 heteroatoms. The third-order valence-electron chi connectivity index (χ3n) is 4.88. The fourth-order valence-corrected chi connectivity index (χ4v) is 4.17. The number of ether oxygens (including phenoxy) is 2. The first-order valence-electron chi connectivity index (χ1n) is 10.2. The van der Waals surface area contributed by atoms with Crippen LogP contribution in [0.2, 0.25) is 5.02 Å². The van der Waals surface area contributed by atoms with Gasteiger partial charge in [0, 0.05) is 30.3 Å². The van der Waals surface area contributed by atoms with E-state index in [1.807, 2.05) is 54.1 Å². The van der Waals surface area contributed by atoms with Crippen molar-refractivity contribution >= 4 is 45.1 Å². The van der Waals surface area contributed by atoms with Crippen molar-refractivity contribution in [2.75, 3.05) is 24.4 Å². The Labute approximate surface area is 201 Å². The normalized spacial score (nSPS) is 10.6. The van der Waals surface area contributed by atoms with Gasteiger partial charge in [-0.3, -0.25) is 0 Å². The molecule has 0 spiro atoms. The van der Waals surface area contributed by atoms with Crippen molar-refractivity contribution < 1.29 is 9.47 Å². The fraction of sp³-hybridized carbons (Fsp3) is 0.167. The predicted octanol–water partition coefficient (Wildman–Crippen LogP) is 6.22. The van der Waals surface area contributed by atoms with Gasteiger partial charge >= 0.3 is 0 Å². The number of rotatable bonds is 10. The Kier molecular flexibility index (Phi) is 7.16. The van der Waals surface area contributed by atoms with E-state index in [0.717, 1.165) is 32.6 Å². The minimum absolute atomic E-state index is 0.509. The molecule has 2 N–H and O–H groups in total. The summed E-state index contributed by atoms with van der Waals surface area (Å²) >= 11 is 7.81. The highest BCUT2D eigenvalue weighted by Crippen LogP contribution is 2.34. The van der Waals surface area contributed by atoms with E-state index in [0.29, 0.717) is 29.7 Å². The van der Waals surface area contributed by atoms with E-state index >= 15 is 0 Å². The van der Waals surface area contributed by atoms with Crippen LogP contribution >= 0.6 is 22.9 Å². The van der Waals surface area contributed by atoms with E-state index in [2.05, 4.69) is 27.2 Å². The molecular formula is C24H24ClN5O2S. The highest BCUT2D eigenvalue weighted by molar-refractivity contribution is 7.16. The second-order valence-electron chi connectivity index (χ2n) is 7.20. The summed E-state index contributed by atoms with van der Waals surface area (Å²) in [6, 6.07) is 11.5. The number of aryl methyl sites for hydroxylation is 1. The van der Waals surface area contributed by atoms with Crippen LogP contribution in [0.5, 0.6) is 11.5 Å². The first-order valence-corrected chi connectivity index (χ1v) is 11.4. The van der Waals surface area contributed by atoms with Gasteiger partial charge in [0.15, 0.2) is 16.6 Å². The van der Waals surface area contributed by atoms with Gasteiger partial charge in [0.05, 0.1) is 41.3 Å². The number of nitrogens with zero attached hydrogens (tertiary/aromatic N) is 3. The molecule has 0 atom stereocenters. The summed E-state index contributed by atoms with van der Waals surface area (Å²) in [6.45, 7) is 7.35. The van der Waals surface area contributed by atoms with Crippen molar-refractivity contribution in [3.05, 3.63) is 83.4 Å². The predicted molar refractivity (Wildman–Crippen MR) is 135 cm³/mol.